The predicted octanol–water partition coefficient (Wildman–Crippen LogP) is 2.36. The number of nitrogens with zero attached hydrogens (tertiary/aromatic N) is 5. The van der Waals surface area contributed by atoms with Crippen LogP contribution in [0.5, 0.6) is 0 Å². The van der Waals surface area contributed by atoms with Crippen molar-refractivity contribution in [1.82, 2.24) is 24.3 Å². The molecule has 4 rings (SSSR count). The van der Waals surface area contributed by atoms with Gasteiger partial charge in [0.05, 0.1) is 24.0 Å². The molecule has 0 radical (unpaired) electrons. The van der Waals surface area contributed by atoms with Crippen LogP contribution in [0.1, 0.15) is 0 Å². The number of fused-ring (bicyclic) bond motifs is 1. The molecule has 0 unspecified atom stereocenters. The maximum atomic E-state index is 12.7. The lowest BCUT2D eigenvalue weighted by molar-refractivity contribution is 0.516. The van der Waals surface area contributed by atoms with Crippen molar-refractivity contribution in [3.05, 3.63) is 77.9 Å². The number of hydrogen-bond donors (Lipinski definition) is 0. The van der Waals surface area contributed by atoms with E-state index in [4.69, 9.17) is 0 Å². The smallest absolute Gasteiger partial charge is 0.274 e. The Hall–Kier alpha value is -3.28. The number of aromatic nitrogens is 5. The lowest BCUT2D eigenvalue weighted by atomic mass is 10.1. The molecule has 1 aromatic carbocycles. The summed E-state index contributed by atoms with van der Waals surface area (Å²) in [5.41, 5.74) is 1.65. The van der Waals surface area contributed by atoms with Crippen molar-refractivity contribution in [3.8, 4) is 11.3 Å². The van der Waals surface area contributed by atoms with Gasteiger partial charge < -0.3 is 4.57 Å². The zero-order valence-electron chi connectivity index (χ0n) is 12.9. The van der Waals surface area contributed by atoms with E-state index in [1.165, 1.54) is 4.68 Å². The summed E-state index contributed by atoms with van der Waals surface area (Å²) in [7, 11) is 0. The van der Waals surface area contributed by atoms with Crippen molar-refractivity contribution in [2.75, 3.05) is 0 Å². The van der Waals surface area contributed by atoms with E-state index in [9.17, 15) is 4.79 Å². The fourth-order valence-electron chi connectivity index (χ4n) is 2.74. The highest BCUT2D eigenvalue weighted by atomic mass is 16.1. The molecule has 0 aliphatic carbocycles. The third-order valence-corrected chi connectivity index (χ3v) is 3.95. The molecule has 0 aliphatic heterocycles. The van der Waals surface area contributed by atoms with Crippen molar-refractivity contribution >= 4 is 10.8 Å². The van der Waals surface area contributed by atoms with E-state index in [0.29, 0.717) is 18.5 Å². The maximum Gasteiger partial charge on any atom is 0.274 e. The summed E-state index contributed by atoms with van der Waals surface area (Å²) < 4.78 is 3.45. The molecule has 118 valence electrons. The van der Waals surface area contributed by atoms with Gasteiger partial charge in [-0.1, -0.05) is 18.2 Å². The van der Waals surface area contributed by atoms with Gasteiger partial charge in [0, 0.05) is 42.3 Å². The summed E-state index contributed by atoms with van der Waals surface area (Å²) in [5, 5.41) is 6.14. The van der Waals surface area contributed by atoms with Crippen LogP contribution in [0.25, 0.3) is 22.0 Å². The minimum atomic E-state index is -0.0801. The minimum absolute atomic E-state index is 0.0801. The largest absolute Gasteiger partial charge is 0.336 e. The fourth-order valence-corrected chi connectivity index (χ4v) is 2.74. The minimum Gasteiger partial charge on any atom is -0.336 e. The molecule has 0 N–H and O–H groups in total. The van der Waals surface area contributed by atoms with E-state index in [0.717, 1.165) is 16.6 Å². The molecule has 6 heteroatoms. The van der Waals surface area contributed by atoms with Gasteiger partial charge in [-0.05, 0) is 18.2 Å². The van der Waals surface area contributed by atoms with Crippen LogP contribution in [0.2, 0.25) is 0 Å². The van der Waals surface area contributed by atoms with Gasteiger partial charge in [0.2, 0.25) is 0 Å². The Labute approximate surface area is 138 Å². The van der Waals surface area contributed by atoms with Gasteiger partial charge in [-0.2, -0.15) is 5.10 Å². The van der Waals surface area contributed by atoms with Crippen molar-refractivity contribution in [2.45, 2.75) is 13.1 Å². The summed E-state index contributed by atoms with van der Waals surface area (Å²) in [6.45, 7) is 1.12. The van der Waals surface area contributed by atoms with Gasteiger partial charge in [-0.3, -0.25) is 9.78 Å². The standard InChI is InChI=1S/C18H15N5O/c24-18-16-4-2-1-3-15(16)17(14-5-7-19-8-6-14)21-23(18)12-11-22-10-9-20-13-22/h1-10,13H,11-12H2. The van der Waals surface area contributed by atoms with E-state index < -0.39 is 0 Å². The first-order valence-electron chi connectivity index (χ1n) is 7.69. The maximum absolute atomic E-state index is 12.7. The number of benzene rings is 1. The molecule has 0 spiro atoms. The average molecular weight is 317 g/mol. The molecule has 0 amide bonds. The number of rotatable bonds is 4. The van der Waals surface area contributed by atoms with Crippen molar-refractivity contribution in [1.29, 1.82) is 0 Å². The second kappa shape index (κ2) is 6.08. The first kappa shape index (κ1) is 14.3. The summed E-state index contributed by atoms with van der Waals surface area (Å²) in [6, 6.07) is 11.4. The molecule has 4 aromatic rings. The topological polar surface area (TPSA) is 65.6 Å². The van der Waals surface area contributed by atoms with Crippen molar-refractivity contribution in [2.24, 2.45) is 0 Å². The molecule has 0 bridgehead atoms. The summed E-state index contributed by atoms with van der Waals surface area (Å²) >= 11 is 0. The zero-order chi connectivity index (χ0) is 16.4. The highest BCUT2D eigenvalue weighted by Gasteiger charge is 2.11. The highest BCUT2D eigenvalue weighted by Crippen LogP contribution is 2.23. The van der Waals surface area contributed by atoms with Crippen LogP contribution in [0, 0.1) is 0 Å². The lowest BCUT2D eigenvalue weighted by Crippen LogP contribution is -2.25. The summed E-state index contributed by atoms with van der Waals surface area (Å²) in [6.07, 6.45) is 8.78. The SMILES string of the molecule is O=c1c2ccccc2c(-c2ccncc2)nn1CCn1ccnc1. The lowest BCUT2D eigenvalue weighted by Gasteiger charge is -2.11. The quantitative estimate of drug-likeness (QED) is 0.579. The highest BCUT2D eigenvalue weighted by molar-refractivity contribution is 5.93. The third-order valence-electron chi connectivity index (χ3n) is 3.95. The van der Waals surface area contributed by atoms with E-state index >= 15 is 0 Å². The van der Waals surface area contributed by atoms with Gasteiger partial charge in [-0.25, -0.2) is 9.67 Å². The van der Waals surface area contributed by atoms with Crippen molar-refractivity contribution in [3.63, 3.8) is 0 Å². The summed E-state index contributed by atoms with van der Waals surface area (Å²) in [4.78, 5) is 20.8. The average Bonchev–Trinajstić information content (AvgIpc) is 3.16. The van der Waals surface area contributed by atoms with Gasteiger partial charge in [0.15, 0.2) is 0 Å². The molecule has 3 aromatic heterocycles. The number of hydrogen-bond acceptors (Lipinski definition) is 4. The second-order valence-corrected chi connectivity index (χ2v) is 5.46. The Morgan fingerprint density at radius 3 is 2.42 bits per heavy atom. The van der Waals surface area contributed by atoms with Crippen molar-refractivity contribution < 1.29 is 0 Å². The molecule has 0 fully saturated rings. The molecule has 24 heavy (non-hydrogen) atoms. The molecule has 3 heterocycles. The number of pyridine rings is 1. The van der Waals surface area contributed by atoms with Crippen LogP contribution in [-0.2, 0) is 13.1 Å². The van der Waals surface area contributed by atoms with Gasteiger partial charge in [-0.15, -0.1) is 0 Å². The Morgan fingerprint density at radius 1 is 0.875 bits per heavy atom. The fraction of sp³-hybridized carbons (Fsp3) is 0.111. The molecule has 0 saturated heterocycles. The monoisotopic (exact) mass is 317 g/mol. The van der Waals surface area contributed by atoms with Crippen LogP contribution < -0.4 is 5.56 Å². The molecular weight excluding hydrogens is 302 g/mol. The van der Waals surface area contributed by atoms with Crippen LogP contribution in [-0.4, -0.2) is 24.3 Å². The van der Waals surface area contributed by atoms with E-state index in [-0.39, 0.29) is 5.56 Å². The zero-order valence-corrected chi connectivity index (χ0v) is 12.9. The first-order valence-corrected chi connectivity index (χ1v) is 7.69. The number of aryl methyl sites for hydroxylation is 2. The molecule has 6 nitrogen and oxygen atoms in total. The Bertz CT molecular complexity index is 1020. The van der Waals surface area contributed by atoms with Crippen LogP contribution >= 0.6 is 0 Å². The normalized spacial score (nSPS) is 11.0. The molecule has 0 aliphatic rings. The van der Waals surface area contributed by atoms with Crippen LogP contribution in [0.4, 0.5) is 0 Å². The molecule has 0 saturated carbocycles. The Kier molecular flexibility index (Phi) is 3.63. The first-order chi connectivity index (χ1) is 11.8. The van der Waals surface area contributed by atoms with Crippen LogP contribution in [0.15, 0.2) is 72.3 Å². The van der Waals surface area contributed by atoms with E-state index in [1.54, 1.807) is 24.9 Å². The van der Waals surface area contributed by atoms with E-state index in [2.05, 4.69) is 15.1 Å². The summed E-state index contributed by atoms with van der Waals surface area (Å²) in [5.74, 6) is 0. The second-order valence-electron chi connectivity index (χ2n) is 5.46. The van der Waals surface area contributed by atoms with Gasteiger partial charge in [0.1, 0.15) is 0 Å². The number of imidazole rings is 1. The third kappa shape index (κ3) is 2.58. The van der Waals surface area contributed by atoms with Gasteiger partial charge >= 0.3 is 0 Å². The Morgan fingerprint density at radius 2 is 1.67 bits per heavy atom. The molecule has 0 atom stereocenters. The molecular formula is C18H15N5O. The van der Waals surface area contributed by atoms with Gasteiger partial charge in [0.25, 0.3) is 5.56 Å². The van der Waals surface area contributed by atoms with E-state index in [1.807, 2.05) is 47.2 Å². The Balaban J connectivity index is 1.85. The predicted molar refractivity (Wildman–Crippen MR) is 91.5 cm³/mol. The van der Waals surface area contributed by atoms with Crippen LogP contribution in [0.3, 0.4) is 0 Å².